The molecule has 0 unspecified atom stereocenters. The van der Waals surface area contributed by atoms with Gasteiger partial charge in [0.15, 0.2) is 0 Å². The molecule has 1 aromatic heterocycles. The van der Waals surface area contributed by atoms with Crippen molar-refractivity contribution in [2.24, 2.45) is 11.8 Å². The number of aromatic nitrogens is 2. The number of fused-ring (bicyclic) bond motifs is 1. The molecule has 0 bridgehead atoms. The second-order valence-electron chi connectivity index (χ2n) is 8.10. The molecule has 6 nitrogen and oxygen atoms in total. The number of nitrogens with zero attached hydrogens (tertiary/aromatic N) is 4. The zero-order chi connectivity index (χ0) is 20.7. The predicted molar refractivity (Wildman–Crippen MR) is 109 cm³/mol. The fraction of sp³-hybridized carbons (Fsp3) is 0.348. The normalized spacial score (nSPS) is 23.1. The Labute approximate surface area is 174 Å². The highest BCUT2D eigenvalue weighted by atomic mass is 19.1. The molecule has 2 saturated heterocycles. The molecule has 3 aromatic rings. The third kappa shape index (κ3) is 3.34. The van der Waals surface area contributed by atoms with Gasteiger partial charge in [-0.15, -0.1) is 5.10 Å². The minimum absolute atomic E-state index is 0.0384. The third-order valence-corrected chi connectivity index (χ3v) is 6.21. The lowest BCUT2D eigenvalue weighted by Crippen LogP contribution is -2.36. The molecule has 0 N–H and O–H groups in total. The van der Waals surface area contributed by atoms with Crippen LogP contribution in [0.1, 0.15) is 23.1 Å². The molecule has 7 heteroatoms. The van der Waals surface area contributed by atoms with Gasteiger partial charge >= 0.3 is 6.01 Å². The Bertz CT molecular complexity index is 1050. The molecule has 0 radical (unpaired) electrons. The Kier molecular flexibility index (Phi) is 4.73. The van der Waals surface area contributed by atoms with Gasteiger partial charge in [-0.3, -0.25) is 4.79 Å². The van der Waals surface area contributed by atoms with Gasteiger partial charge in [0.25, 0.3) is 0 Å². The van der Waals surface area contributed by atoms with E-state index in [0.29, 0.717) is 29.9 Å². The number of carbonyl (C=O) groups excluding carboxylic acids is 1. The zero-order valence-electron chi connectivity index (χ0n) is 16.7. The fourth-order valence-electron chi connectivity index (χ4n) is 4.86. The number of carbonyl (C=O) groups is 1. The smallest absolute Gasteiger partial charge is 0.318 e. The van der Waals surface area contributed by atoms with Crippen molar-refractivity contribution in [3.8, 4) is 0 Å². The van der Waals surface area contributed by atoms with E-state index in [9.17, 15) is 9.18 Å². The Morgan fingerprint density at radius 2 is 1.83 bits per heavy atom. The number of hydrogen-bond donors (Lipinski definition) is 0. The first kappa shape index (κ1) is 18.8. The van der Waals surface area contributed by atoms with E-state index < -0.39 is 0 Å². The second-order valence-corrected chi connectivity index (χ2v) is 8.10. The summed E-state index contributed by atoms with van der Waals surface area (Å²) in [5.41, 5.74) is 1.55. The quantitative estimate of drug-likeness (QED) is 0.665. The van der Waals surface area contributed by atoms with Crippen LogP contribution in [0.5, 0.6) is 0 Å². The van der Waals surface area contributed by atoms with Crippen molar-refractivity contribution in [2.75, 3.05) is 24.5 Å². The van der Waals surface area contributed by atoms with Crippen LogP contribution in [0.15, 0.2) is 59.0 Å². The van der Waals surface area contributed by atoms with Crippen molar-refractivity contribution in [1.82, 2.24) is 15.1 Å². The number of hydrogen-bond acceptors (Lipinski definition) is 5. The largest absolute Gasteiger partial charge is 0.408 e. The number of halogens is 1. The number of amides is 1. The first-order valence-corrected chi connectivity index (χ1v) is 10.2. The van der Waals surface area contributed by atoms with E-state index in [1.807, 2.05) is 23.1 Å². The Hall–Kier alpha value is -3.22. The maximum atomic E-state index is 14.1. The van der Waals surface area contributed by atoms with E-state index in [2.05, 4.69) is 27.2 Å². The number of anilines is 1. The van der Waals surface area contributed by atoms with Crippen LogP contribution < -0.4 is 4.90 Å². The summed E-state index contributed by atoms with van der Waals surface area (Å²) >= 11 is 0. The molecule has 3 atom stereocenters. The van der Waals surface area contributed by atoms with Gasteiger partial charge in [0.1, 0.15) is 5.82 Å². The number of benzene rings is 2. The summed E-state index contributed by atoms with van der Waals surface area (Å²) in [5, 5.41) is 8.10. The van der Waals surface area contributed by atoms with Crippen molar-refractivity contribution in [2.45, 2.75) is 19.4 Å². The molecule has 2 aliphatic heterocycles. The van der Waals surface area contributed by atoms with Gasteiger partial charge in [-0.2, -0.15) is 0 Å². The average molecular weight is 406 g/mol. The summed E-state index contributed by atoms with van der Waals surface area (Å²) < 4.78 is 19.7. The molecule has 30 heavy (non-hydrogen) atoms. The summed E-state index contributed by atoms with van der Waals surface area (Å²) in [6, 6.07) is 17.1. The minimum atomic E-state index is -0.334. The van der Waals surface area contributed by atoms with Crippen molar-refractivity contribution in [3.63, 3.8) is 0 Å². The van der Waals surface area contributed by atoms with E-state index in [1.165, 1.54) is 6.07 Å². The molecule has 0 saturated carbocycles. The summed E-state index contributed by atoms with van der Waals surface area (Å²) in [5.74, 6) is 0.725. The van der Waals surface area contributed by atoms with Gasteiger partial charge in [0.05, 0.1) is 12.5 Å². The van der Waals surface area contributed by atoms with Crippen LogP contribution in [-0.4, -0.2) is 40.6 Å². The summed E-state index contributed by atoms with van der Waals surface area (Å²) in [4.78, 5) is 17.3. The molecule has 0 spiro atoms. The lowest BCUT2D eigenvalue weighted by Gasteiger charge is -2.30. The van der Waals surface area contributed by atoms with Gasteiger partial charge in [-0.25, -0.2) is 4.39 Å². The number of aryl methyl sites for hydroxylation is 1. The highest BCUT2D eigenvalue weighted by Crippen LogP contribution is 2.46. The average Bonchev–Trinajstić information content (AvgIpc) is 3.44. The summed E-state index contributed by atoms with van der Waals surface area (Å²) in [7, 11) is 0. The SMILES string of the molecule is Cc1nnc(N2C[C@H]3CN(C(=O)Cc4ccccc4F)[C@@H](c4ccccc4)[C@H]3C2)o1. The molecular formula is C23H23FN4O2. The van der Waals surface area contributed by atoms with E-state index >= 15 is 0 Å². The molecule has 154 valence electrons. The second kappa shape index (κ2) is 7.55. The van der Waals surface area contributed by atoms with Crippen molar-refractivity contribution in [1.29, 1.82) is 0 Å². The van der Waals surface area contributed by atoms with Gasteiger partial charge in [0.2, 0.25) is 11.8 Å². The molecular weight excluding hydrogens is 383 g/mol. The Balaban J connectivity index is 1.41. The van der Waals surface area contributed by atoms with Crippen LogP contribution in [0.3, 0.4) is 0 Å². The molecule has 2 aromatic carbocycles. The monoisotopic (exact) mass is 406 g/mol. The van der Waals surface area contributed by atoms with Gasteiger partial charge in [-0.05, 0) is 17.2 Å². The number of likely N-dealkylation sites (tertiary alicyclic amines) is 1. The van der Waals surface area contributed by atoms with Gasteiger partial charge < -0.3 is 14.2 Å². The van der Waals surface area contributed by atoms with E-state index in [-0.39, 0.29) is 30.1 Å². The molecule has 3 heterocycles. The van der Waals surface area contributed by atoms with Crippen molar-refractivity contribution < 1.29 is 13.6 Å². The summed E-state index contributed by atoms with van der Waals surface area (Å²) in [6.07, 6.45) is 0.0714. The maximum absolute atomic E-state index is 14.1. The van der Waals surface area contributed by atoms with E-state index in [0.717, 1.165) is 18.7 Å². The van der Waals surface area contributed by atoms with Gasteiger partial charge in [-0.1, -0.05) is 53.6 Å². The van der Waals surface area contributed by atoms with Gasteiger partial charge in [0, 0.05) is 38.4 Å². The minimum Gasteiger partial charge on any atom is -0.408 e. The summed E-state index contributed by atoms with van der Waals surface area (Å²) in [6.45, 7) is 3.93. The molecule has 1 amide bonds. The zero-order valence-corrected chi connectivity index (χ0v) is 16.7. The topological polar surface area (TPSA) is 62.5 Å². The Morgan fingerprint density at radius 1 is 1.07 bits per heavy atom. The van der Waals surface area contributed by atoms with E-state index in [4.69, 9.17) is 4.42 Å². The van der Waals surface area contributed by atoms with Crippen LogP contribution in [0.4, 0.5) is 10.4 Å². The van der Waals surface area contributed by atoms with Crippen molar-refractivity contribution >= 4 is 11.9 Å². The molecule has 0 aliphatic carbocycles. The van der Waals surface area contributed by atoms with Crippen molar-refractivity contribution in [3.05, 3.63) is 77.4 Å². The molecule has 5 rings (SSSR count). The first-order valence-electron chi connectivity index (χ1n) is 10.2. The van der Waals surface area contributed by atoms with E-state index in [1.54, 1.807) is 25.1 Å². The molecule has 2 fully saturated rings. The van der Waals surface area contributed by atoms with Crippen LogP contribution in [0.2, 0.25) is 0 Å². The highest BCUT2D eigenvalue weighted by molar-refractivity contribution is 5.80. The lowest BCUT2D eigenvalue weighted by atomic mass is 9.89. The van der Waals surface area contributed by atoms with Crippen LogP contribution in [0, 0.1) is 24.6 Å². The maximum Gasteiger partial charge on any atom is 0.318 e. The fourth-order valence-corrected chi connectivity index (χ4v) is 4.86. The lowest BCUT2D eigenvalue weighted by molar-refractivity contribution is -0.131. The first-order chi connectivity index (χ1) is 14.6. The third-order valence-electron chi connectivity index (χ3n) is 6.21. The highest BCUT2D eigenvalue weighted by Gasteiger charge is 2.49. The van der Waals surface area contributed by atoms with Crippen LogP contribution in [0.25, 0.3) is 0 Å². The Morgan fingerprint density at radius 3 is 2.57 bits per heavy atom. The molecule has 2 aliphatic rings. The van der Waals surface area contributed by atoms with Crippen LogP contribution >= 0.6 is 0 Å². The standard InChI is InChI=1S/C23H23FN4O2/c1-15-25-26-23(30-15)27-12-18-13-28(21(29)11-17-9-5-6-10-20(17)24)22(19(18)14-27)16-7-3-2-4-8-16/h2-10,18-19,22H,11-14H2,1H3/t18-,19-,22-/m0/s1. The predicted octanol–water partition coefficient (Wildman–Crippen LogP) is 3.40. The number of rotatable bonds is 4. The van der Waals surface area contributed by atoms with Crippen LogP contribution in [-0.2, 0) is 11.2 Å².